The topological polar surface area (TPSA) is 25.8 Å². The highest BCUT2D eigenvalue weighted by molar-refractivity contribution is 14.1. The fraction of sp³-hybridized carbons (Fsp3) is 0.375. The summed E-state index contributed by atoms with van der Waals surface area (Å²) < 4.78 is 0.936. The van der Waals surface area contributed by atoms with Crippen molar-refractivity contribution >= 4 is 34.2 Å². The van der Waals surface area contributed by atoms with Crippen LogP contribution in [0.3, 0.4) is 0 Å². The van der Waals surface area contributed by atoms with E-state index in [-0.39, 0.29) is 5.41 Å². The summed E-state index contributed by atoms with van der Waals surface area (Å²) in [6.45, 7) is 10.6. The largest absolute Gasteiger partial charge is 0.231 e. The SMILES string of the molecule is Cc1ccc(C)c(-c2nc(Cl)c(I)c(C(C)(C)C)n2)c1. The third-order valence-corrected chi connectivity index (χ3v) is 4.77. The van der Waals surface area contributed by atoms with Gasteiger partial charge < -0.3 is 0 Å². The molecule has 0 fully saturated rings. The number of benzene rings is 1. The molecular weight excluding hydrogens is 383 g/mol. The molecule has 0 unspecified atom stereocenters. The number of aryl methyl sites for hydroxylation is 2. The lowest BCUT2D eigenvalue weighted by Gasteiger charge is -2.21. The van der Waals surface area contributed by atoms with Gasteiger partial charge in [0.15, 0.2) is 5.82 Å². The zero-order chi connectivity index (χ0) is 15.1. The molecule has 1 aromatic heterocycles. The number of nitrogens with zero attached hydrogens (tertiary/aromatic N) is 2. The molecule has 0 amide bonds. The lowest BCUT2D eigenvalue weighted by molar-refractivity contribution is 0.563. The summed E-state index contributed by atoms with van der Waals surface area (Å²) in [4.78, 5) is 9.24. The van der Waals surface area contributed by atoms with Crippen molar-refractivity contribution in [2.75, 3.05) is 0 Å². The summed E-state index contributed by atoms with van der Waals surface area (Å²) in [7, 11) is 0. The molecule has 1 heterocycles. The monoisotopic (exact) mass is 400 g/mol. The van der Waals surface area contributed by atoms with Gasteiger partial charge >= 0.3 is 0 Å². The average molecular weight is 401 g/mol. The van der Waals surface area contributed by atoms with Crippen LogP contribution in [-0.4, -0.2) is 9.97 Å². The number of aromatic nitrogens is 2. The van der Waals surface area contributed by atoms with Crippen LogP contribution in [-0.2, 0) is 5.41 Å². The molecule has 0 N–H and O–H groups in total. The molecule has 1 aromatic carbocycles. The Bertz CT molecular complexity index is 660. The second kappa shape index (κ2) is 5.60. The van der Waals surface area contributed by atoms with Crippen LogP contribution in [0.15, 0.2) is 18.2 Å². The molecule has 2 rings (SSSR count). The Morgan fingerprint density at radius 3 is 2.35 bits per heavy atom. The van der Waals surface area contributed by atoms with Crippen LogP contribution in [0.2, 0.25) is 5.15 Å². The van der Waals surface area contributed by atoms with Crippen LogP contribution in [0, 0.1) is 17.4 Å². The van der Waals surface area contributed by atoms with Crippen LogP contribution in [0.5, 0.6) is 0 Å². The highest BCUT2D eigenvalue weighted by Crippen LogP contribution is 2.32. The molecule has 0 radical (unpaired) electrons. The quantitative estimate of drug-likeness (QED) is 0.478. The second-order valence-corrected chi connectivity index (χ2v) is 7.51. The number of hydrogen-bond donors (Lipinski definition) is 0. The third kappa shape index (κ3) is 3.14. The van der Waals surface area contributed by atoms with E-state index in [1.54, 1.807) is 0 Å². The highest BCUT2D eigenvalue weighted by Gasteiger charge is 2.23. The minimum atomic E-state index is -0.0599. The van der Waals surface area contributed by atoms with E-state index in [2.05, 4.69) is 80.4 Å². The summed E-state index contributed by atoms with van der Waals surface area (Å²) in [6, 6.07) is 6.30. The van der Waals surface area contributed by atoms with Crippen LogP contribution in [0.4, 0.5) is 0 Å². The maximum absolute atomic E-state index is 6.31. The Labute approximate surface area is 139 Å². The highest BCUT2D eigenvalue weighted by atomic mass is 127. The van der Waals surface area contributed by atoms with Crippen molar-refractivity contribution in [3.8, 4) is 11.4 Å². The van der Waals surface area contributed by atoms with Crippen molar-refractivity contribution in [3.05, 3.63) is 43.7 Å². The van der Waals surface area contributed by atoms with E-state index in [1.807, 2.05) is 0 Å². The lowest BCUT2D eigenvalue weighted by atomic mass is 9.92. The van der Waals surface area contributed by atoms with Crippen molar-refractivity contribution in [2.24, 2.45) is 0 Å². The van der Waals surface area contributed by atoms with E-state index >= 15 is 0 Å². The summed E-state index contributed by atoms with van der Waals surface area (Å²) in [6.07, 6.45) is 0. The molecule has 0 bridgehead atoms. The Kier molecular flexibility index (Phi) is 4.40. The van der Waals surface area contributed by atoms with Gasteiger partial charge in [-0.3, -0.25) is 0 Å². The molecule has 106 valence electrons. The van der Waals surface area contributed by atoms with Gasteiger partial charge in [0, 0.05) is 11.0 Å². The fourth-order valence-corrected chi connectivity index (χ4v) is 3.23. The molecule has 0 saturated heterocycles. The van der Waals surface area contributed by atoms with Gasteiger partial charge in [0.25, 0.3) is 0 Å². The zero-order valence-electron chi connectivity index (χ0n) is 12.4. The molecular formula is C16H18ClIN2. The van der Waals surface area contributed by atoms with Crippen LogP contribution in [0.25, 0.3) is 11.4 Å². The average Bonchev–Trinajstić information content (AvgIpc) is 2.34. The van der Waals surface area contributed by atoms with Crippen LogP contribution in [0.1, 0.15) is 37.6 Å². The first-order chi connectivity index (χ1) is 9.20. The molecule has 0 atom stereocenters. The van der Waals surface area contributed by atoms with E-state index < -0.39 is 0 Å². The van der Waals surface area contributed by atoms with Gasteiger partial charge in [-0.15, -0.1) is 0 Å². The van der Waals surface area contributed by atoms with E-state index in [1.165, 1.54) is 5.56 Å². The summed E-state index contributed by atoms with van der Waals surface area (Å²) in [5.41, 5.74) is 4.34. The molecule has 0 aliphatic rings. The minimum absolute atomic E-state index is 0.0599. The Morgan fingerprint density at radius 1 is 1.10 bits per heavy atom. The molecule has 0 aliphatic heterocycles. The van der Waals surface area contributed by atoms with Gasteiger partial charge in [0.1, 0.15) is 5.15 Å². The van der Waals surface area contributed by atoms with E-state index in [9.17, 15) is 0 Å². The van der Waals surface area contributed by atoms with Crippen LogP contribution >= 0.6 is 34.2 Å². The number of rotatable bonds is 1. The molecule has 0 aliphatic carbocycles. The normalized spacial score (nSPS) is 11.8. The van der Waals surface area contributed by atoms with Gasteiger partial charge in [-0.25, -0.2) is 9.97 Å². The standard InChI is InChI=1S/C16H18ClIN2/c1-9-6-7-10(2)11(8-9)15-19-13(16(3,4)5)12(18)14(17)20-15/h6-8H,1-5H3. The molecule has 0 spiro atoms. The Morgan fingerprint density at radius 2 is 1.75 bits per heavy atom. The van der Waals surface area contributed by atoms with Crippen molar-refractivity contribution in [3.63, 3.8) is 0 Å². The molecule has 2 nitrogen and oxygen atoms in total. The molecule has 20 heavy (non-hydrogen) atoms. The van der Waals surface area contributed by atoms with Crippen molar-refractivity contribution in [1.82, 2.24) is 9.97 Å². The Hall–Kier alpha value is -0.680. The van der Waals surface area contributed by atoms with Gasteiger partial charge in [-0.05, 0) is 48.1 Å². The van der Waals surface area contributed by atoms with Crippen LogP contribution < -0.4 is 0 Å². The first-order valence-electron chi connectivity index (χ1n) is 6.51. The van der Waals surface area contributed by atoms with E-state index in [0.29, 0.717) is 11.0 Å². The smallest absolute Gasteiger partial charge is 0.161 e. The number of hydrogen-bond acceptors (Lipinski definition) is 2. The summed E-state index contributed by atoms with van der Waals surface area (Å²) >= 11 is 8.53. The maximum atomic E-state index is 6.31. The van der Waals surface area contributed by atoms with Crippen molar-refractivity contribution < 1.29 is 0 Å². The molecule has 2 aromatic rings. The first-order valence-corrected chi connectivity index (χ1v) is 7.97. The molecule has 4 heteroatoms. The predicted molar refractivity (Wildman–Crippen MR) is 93.4 cm³/mol. The summed E-state index contributed by atoms with van der Waals surface area (Å²) in [5.74, 6) is 0.710. The van der Waals surface area contributed by atoms with Crippen molar-refractivity contribution in [2.45, 2.75) is 40.0 Å². The first kappa shape index (κ1) is 15.7. The maximum Gasteiger partial charge on any atom is 0.161 e. The second-order valence-electron chi connectivity index (χ2n) is 6.07. The fourth-order valence-electron chi connectivity index (χ4n) is 2.01. The summed E-state index contributed by atoms with van der Waals surface area (Å²) in [5, 5.41) is 0.529. The molecule has 0 saturated carbocycles. The predicted octanol–water partition coefficient (Wildman–Crippen LogP) is 5.32. The van der Waals surface area contributed by atoms with Crippen molar-refractivity contribution in [1.29, 1.82) is 0 Å². The lowest BCUT2D eigenvalue weighted by Crippen LogP contribution is -2.17. The third-order valence-electron chi connectivity index (χ3n) is 3.16. The van der Waals surface area contributed by atoms with E-state index in [0.717, 1.165) is 20.4 Å². The minimum Gasteiger partial charge on any atom is -0.231 e. The van der Waals surface area contributed by atoms with Gasteiger partial charge in [-0.1, -0.05) is 50.1 Å². The number of halogens is 2. The van der Waals surface area contributed by atoms with Gasteiger partial charge in [0.05, 0.1) is 9.26 Å². The zero-order valence-corrected chi connectivity index (χ0v) is 15.3. The van der Waals surface area contributed by atoms with Gasteiger partial charge in [0.2, 0.25) is 0 Å². The van der Waals surface area contributed by atoms with E-state index in [4.69, 9.17) is 16.6 Å². The Balaban J connectivity index is 2.70. The van der Waals surface area contributed by atoms with Gasteiger partial charge in [-0.2, -0.15) is 0 Å².